The Bertz CT molecular complexity index is 728. The van der Waals surface area contributed by atoms with E-state index >= 15 is 0 Å². The zero-order valence-corrected chi connectivity index (χ0v) is 13.5. The molecule has 0 unspecified atom stereocenters. The summed E-state index contributed by atoms with van der Waals surface area (Å²) in [5.41, 5.74) is 0.532. The molecule has 0 aliphatic heterocycles. The van der Waals surface area contributed by atoms with Crippen LogP contribution in [0.4, 0.5) is 0 Å². The number of ether oxygens (including phenoxy) is 1. The number of carbonyl (C=O) groups is 2. The van der Waals surface area contributed by atoms with Gasteiger partial charge >= 0.3 is 5.97 Å². The van der Waals surface area contributed by atoms with Crippen LogP contribution < -0.4 is 5.32 Å². The number of aliphatic hydroxyl groups is 1. The van der Waals surface area contributed by atoms with Gasteiger partial charge in [0.1, 0.15) is 5.76 Å². The van der Waals surface area contributed by atoms with Gasteiger partial charge in [-0.3, -0.25) is 4.79 Å². The van der Waals surface area contributed by atoms with Gasteiger partial charge in [-0.05, 0) is 30.3 Å². The smallest absolute Gasteiger partial charge is 0.330 e. The van der Waals surface area contributed by atoms with Gasteiger partial charge in [-0.1, -0.05) is 23.2 Å². The molecule has 0 fully saturated rings. The van der Waals surface area contributed by atoms with Crippen molar-refractivity contribution in [3.8, 4) is 11.3 Å². The van der Waals surface area contributed by atoms with Crippen molar-refractivity contribution in [2.75, 3.05) is 13.7 Å². The lowest BCUT2D eigenvalue weighted by atomic mass is 10.2. The minimum atomic E-state index is -1.17. The molecule has 2 rings (SSSR count). The van der Waals surface area contributed by atoms with Crippen LogP contribution in [-0.4, -0.2) is 36.7 Å². The molecule has 6 nitrogen and oxygen atoms in total. The third-order valence-electron chi connectivity index (χ3n) is 3.00. The molecule has 0 aliphatic rings. The molecule has 8 heteroatoms. The predicted octanol–water partition coefficient (Wildman–Crippen LogP) is 2.52. The van der Waals surface area contributed by atoms with E-state index < -0.39 is 24.5 Å². The van der Waals surface area contributed by atoms with Crippen LogP contribution in [0.5, 0.6) is 0 Å². The number of methoxy groups -OCH3 is 1. The Kier molecular flexibility index (Phi) is 5.65. The van der Waals surface area contributed by atoms with E-state index in [1.165, 1.54) is 6.07 Å². The zero-order valence-electron chi connectivity index (χ0n) is 12.0. The Morgan fingerprint density at radius 1 is 1.30 bits per heavy atom. The zero-order chi connectivity index (χ0) is 17.0. The van der Waals surface area contributed by atoms with Crippen molar-refractivity contribution in [3.63, 3.8) is 0 Å². The normalized spacial score (nSPS) is 11.8. The van der Waals surface area contributed by atoms with Crippen LogP contribution in [-0.2, 0) is 9.53 Å². The molecule has 1 aromatic heterocycles. The molecule has 2 N–H and O–H groups in total. The van der Waals surface area contributed by atoms with Crippen molar-refractivity contribution in [2.45, 2.75) is 6.04 Å². The summed E-state index contributed by atoms with van der Waals surface area (Å²) in [6.07, 6.45) is 0. The number of esters is 1. The summed E-state index contributed by atoms with van der Waals surface area (Å²) in [7, 11) is 1.16. The first-order valence-electron chi connectivity index (χ1n) is 6.51. The van der Waals surface area contributed by atoms with Crippen molar-refractivity contribution >= 4 is 35.1 Å². The second-order valence-electron chi connectivity index (χ2n) is 4.52. The van der Waals surface area contributed by atoms with Crippen molar-refractivity contribution in [1.29, 1.82) is 0 Å². The molecule has 2 aromatic rings. The van der Waals surface area contributed by atoms with Crippen molar-refractivity contribution in [1.82, 2.24) is 5.32 Å². The van der Waals surface area contributed by atoms with Gasteiger partial charge in [0.25, 0.3) is 5.91 Å². The number of hydrogen-bond donors (Lipinski definition) is 2. The summed E-state index contributed by atoms with van der Waals surface area (Å²) < 4.78 is 9.90. The maximum absolute atomic E-state index is 12.0. The molecule has 23 heavy (non-hydrogen) atoms. The van der Waals surface area contributed by atoms with Crippen LogP contribution in [0.25, 0.3) is 11.3 Å². The number of furan rings is 1. The lowest BCUT2D eigenvalue weighted by Gasteiger charge is -2.12. The van der Waals surface area contributed by atoms with Gasteiger partial charge in [0.15, 0.2) is 11.8 Å². The number of rotatable bonds is 5. The fraction of sp³-hybridized carbons (Fsp3) is 0.200. The molecular formula is C15H13Cl2NO5. The molecule has 0 aliphatic carbocycles. The summed E-state index contributed by atoms with van der Waals surface area (Å²) >= 11 is 12.0. The molecule has 1 aromatic carbocycles. The summed E-state index contributed by atoms with van der Waals surface area (Å²) in [5.74, 6) is -1.12. The number of carbonyl (C=O) groups excluding carboxylic acids is 2. The van der Waals surface area contributed by atoms with Gasteiger partial charge in [0.05, 0.1) is 18.7 Å². The quantitative estimate of drug-likeness (QED) is 0.802. The highest BCUT2D eigenvalue weighted by atomic mass is 35.5. The summed E-state index contributed by atoms with van der Waals surface area (Å²) in [6.45, 7) is -0.591. The van der Waals surface area contributed by atoms with Crippen LogP contribution in [0.15, 0.2) is 34.7 Å². The standard InChI is InChI=1S/C15H13Cl2NO5/c1-22-15(21)11(7-19)18-14(20)13-5-4-12(23-13)9-6-8(16)2-3-10(9)17/h2-6,11,19H,7H2,1H3,(H,18,20)/t11-/m1/s1. The SMILES string of the molecule is COC(=O)[C@@H](CO)NC(=O)c1ccc(-c2cc(Cl)ccc2Cl)o1. The number of hydrogen-bond acceptors (Lipinski definition) is 5. The number of halogens is 2. The number of aliphatic hydroxyl groups excluding tert-OH is 1. The van der Waals surface area contributed by atoms with Crippen molar-refractivity contribution in [3.05, 3.63) is 46.1 Å². The van der Waals surface area contributed by atoms with Crippen molar-refractivity contribution in [2.24, 2.45) is 0 Å². The molecule has 1 heterocycles. The monoisotopic (exact) mass is 357 g/mol. The summed E-state index contributed by atoms with van der Waals surface area (Å²) in [4.78, 5) is 23.4. The van der Waals surface area contributed by atoms with E-state index in [0.717, 1.165) is 7.11 Å². The summed E-state index contributed by atoms with van der Waals surface area (Å²) in [6, 6.07) is 6.66. The molecular weight excluding hydrogens is 345 g/mol. The summed E-state index contributed by atoms with van der Waals surface area (Å²) in [5, 5.41) is 12.3. The Labute approximate surface area is 141 Å². The second kappa shape index (κ2) is 7.50. The largest absolute Gasteiger partial charge is 0.467 e. The highest BCUT2D eigenvalue weighted by Gasteiger charge is 2.23. The Balaban J connectivity index is 2.20. The lowest BCUT2D eigenvalue weighted by molar-refractivity contribution is -0.143. The van der Waals surface area contributed by atoms with Crippen LogP contribution in [0, 0.1) is 0 Å². The molecule has 0 radical (unpaired) electrons. The average molecular weight is 358 g/mol. The van der Waals surface area contributed by atoms with Gasteiger partial charge < -0.3 is 19.6 Å². The Hall–Kier alpha value is -2.02. The maximum Gasteiger partial charge on any atom is 0.330 e. The molecule has 122 valence electrons. The molecule has 0 saturated heterocycles. The third-order valence-corrected chi connectivity index (χ3v) is 3.56. The van der Waals surface area contributed by atoms with Crippen LogP contribution in [0.1, 0.15) is 10.6 Å². The van der Waals surface area contributed by atoms with Crippen LogP contribution in [0.2, 0.25) is 10.0 Å². The van der Waals surface area contributed by atoms with Crippen molar-refractivity contribution < 1.29 is 23.8 Å². The van der Waals surface area contributed by atoms with E-state index in [2.05, 4.69) is 10.1 Å². The van der Waals surface area contributed by atoms with E-state index in [1.807, 2.05) is 0 Å². The maximum atomic E-state index is 12.0. The second-order valence-corrected chi connectivity index (χ2v) is 5.36. The number of amides is 1. The third kappa shape index (κ3) is 4.04. The predicted molar refractivity (Wildman–Crippen MR) is 84.5 cm³/mol. The molecule has 1 amide bonds. The van der Waals surface area contributed by atoms with Gasteiger partial charge in [0.2, 0.25) is 0 Å². The highest BCUT2D eigenvalue weighted by molar-refractivity contribution is 6.35. The Morgan fingerprint density at radius 3 is 2.70 bits per heavy atom. The van der Waals surface area contributed by atoms with Gasteiger partial charge in [-0.2, -0.15) is 0 Å². The van der Waals surface area contributed by atoms with E-state index in [1.54, 1.807) is 24.3 Å². The fourth-order valence-corrected chi connectivity index (χ4v) is 2.22. The topological polar surface area (TPSA) is 88.8 Å². The molecule has 0 bridgehead atoms. The first-order chi connectivity index (χ1) is 11.0. The van der Waals surface area contributed by atoms with Gasteiger partial charge in [-0.15, -0.1) is 0 Å². The first kappa shape index (κ1) is 17.3. The highest BCUT2D eigenvalue weighted by Crippen LogP contribution is 2.31. The lowest BCUT2D eigenvalue weighted by Crippen LogP contribution is -2.43. The van der Waals surface area contributed by atoms with E-state index in [0.29, 0.717) is 21.4 Å². The molecule has 1 atom stereocenters. The first-order valence-corrected chi connectivity index (χ1v) is 7.26. The van der Waals surface area contributed by atoms with E-state index in [9.17, 15) is 9.59 Å². The number of nitrogens with one attached hydrogen (secondary N) is 1. The van der Waals surface area contributed by atoms with E-state index in [4.69, 9.17) is 32.7 Å². The number of benzene rings is 1. The minimum Gasteiger partial charge on any atom is -0.467 e. The molecule has 0 spiro atoms. The van der Waals surface area contributed by atoms with Crippen LogP contribution in [0.3, 0.4) is 0 Å². The van der Waals surface area contributed by atoms with Gasteiger partial charge in [-0.25, -0.2) is 4.79 Å². The van der Waals surface area contributed by atoms with Gasteiger partial charge in [0, 0.05) is 10.6 Å². The fourth-order valence-electron chi connectivity index (χ4n) is 1.84. The Morgan fingerprint density at radius 2 is 2.04 bits per heavy atom. The van der Waals surface area contributed by atoms with E-state index in [-0.39, 0.29) is 5.76 Å². The average Bonchev–Trinajstić information content (AvgIpc) is 3.03. The molecule has 0 saturated carbocycles. The van der Waals surface area contributed by atoms with Crippen LogP contribution >= 0.6 is 23.2 Å². The minimum absolute atomic E-state index is 0.0432.